The van der Waals surface area contributed by atoms with E-state index in [1.54, 1.807) is 38.5 Å². The number of fused-ring (bicyclic) bond motifs is 2. The molecule has 45 heavy (non-hydrogen) atoms. The van der Waals surface area contributed by atoms with Crippen LogP contribution in [0.3, 0.4) is 0 Å². The first-order valence-corrected chi connectivity index (χ1v) is 15.0. The van der Waals surface area contributed by atoms with Gasteiger partial charge < -0.3 is 20.5 Å². The van der Waals surface area contributed by atoms with Gasteiger partial charge in [-0.25, -0.2) is 4.98 Å². The number of amides is 2. The normalized spacial score (nSPS) is 13.6. The van der Waals surface area contributed by atoms with E-state index in [0.717, 1.165) is 42.9 Å². The second-order valence-corrected chi connectivity index (χ2v) is 11.4. The lowest BCUT2D eigenvalue weighted by atomic mass is 9.95. The van der Waals surface area contributed by atoms with Crippen molar-refractivity contribution in [1.82, 2.24) is 9.88 Å². The summed E-state index contributed by atoms with van der Waals surface area (Å²) in [5.41, 5.74) is 12.5. The van der Waals surface area contributed by atoms with E-state index >= 15 is 0 Å². The van der Waals surface area contributed by atoms with Crippen LogP contribution in [0.25, 0.3) is 22.2 Å². The van der Waals surface area contributed by atoms with Crippen molar-refractivity contribution < 1.29 is 19.1 Å². The molecule has 8 nitrogen and oxygen atoms in total. The molecule has 1 atom stereocenters. The van der Waals surface area contributed by atoms with Gasteiger partial charge in [-0.1, -0.05) is 55.5 Å². The van der Waals surface area contributed by atoms with Crippen molar-refractivity contribution in [2.24, 2.45) is 5.73 Å². The van der Waals surface area contributed by atoms with E-state index in [-0.39, 0.29) is 11.5 Å². The number of methoxy groups -OCH3 is 2. The summed E-state index contributed by atoms with van der Waals surface area (Å²) in [5.74, 6) is 0.929. The number of hydrogen-bond acceptors (Lipinski definition) is 6. The standard InChI is InChI=1S/C37H36N4O4/c1-23(21-41-17-16-25-19-33(44-2)34(45-3)20-27(25)22-41)24-12-14-28(15-13-24)39-37(43)30-10-6-5-9-29(30)35-31(36(38)42)18-26-8-4-7-11-32(26)40-35/h4-15,18-20,23H,16-17,21-22H2,1-3H3,(H2,38,42)(H,39,43). The third kappa shape index (κ3) is 6.23. The zero-order valence-corrected chi connectivity index (χ0v) is 25.7. The van der Waals surface area contributed by atoms with Gasteiger partial charge in [0.2, 0.25) is 0 Å². The Balaban J connectivity index is 1.16. The van der Waals surface area contributed by atoms with Gasteiger partial charge in [0.15, 0.2) is 11.5 Å². The SMILES string of the molecule is COc1cc2c(cc1OC)CN(CC(C)c1ccc(NC(=O)c3ccccc3-c3nc4ccccc4cc3C(N)=O)cc1)CC2. The van der Waals surface area contributed by atoms with Gasteiger partial charge in [-0.2, -0.15) is 0 Å². The maximum atomic E-state index is 13.5. The molecular weight excluding hydrogens is 564 g/mol. The molecule has 1 unspecified atom stereocenters. The second kappa shape index (κ2) is 12.8. The van der Waals surface area contributed by atoms with Gasteiger partial charge in [0.1, 0.15) is 0 Å². The number of pyridine rings is 1. The van der Waals surface area contributed by atoms with Crippen LogP contribution in [0.15, 0.2) is 91.0 Å². The van der Waals surface area contributed by atoms with Crippen molar-refractivity contribution in [2.75, 3.05) is 32.6 Å². The topological polar surface area (TPSA) is 107 Å². The van der Waals surface area contributed by atoms with Gasteiger partial charge >= 0.3 is 0 Å². The predicted octanol–water partition coefficient (Wildman–Crippen LogP) is 6.43. The number of rotatable bonds is 9. The van der Waals surface area contributed by atoms with Gasteiger partial charge in [-0.05, 0) is 71.5 Å². The molecule has 0 saturated carbocycles. The van der Waals surface area contributed by atoms with Crippen LogP contribution in [0.4, 0.5) is 5.69 Å². The highest BCUT2D eigenvalue weighted by molar-refractivity contribution is 6.11. The molecule has 2 amide bonds. The maximum absolute atomic E-state index is 13.5. The van der Waals surface area contributed by atoms with Crippen LogP contribution in [0.1, 0.15) is 50.2 Å². The minimum atomic E-state index is -0.600. The molecule has 6 rings (SSSR count). The van der Waals surface area contributed by atoms with E-state index < -0.39 is 5.91 Å². The van der Waals surface area contributed by atoms with Crippen LogP contribution in [0.5, 0.6) is 11.5 Å². The number of carbonyl (C=O) groups excluding carboxylic acids is 2. The third-order valence-electron chi connectivity index (χ3n) is 8.48. The molecule has 1 aromatic heterocycles. The number of aromatic nitrogens is 1. The van der Waals surface area contributed by atoms with Crippen molar-refractivity contribution >= 4 is 28.4 Å². The Hall–Kier alpha value is -5.21. The largest absolute Gasteiger partial charge is 0.493 e. The Morgan fingerprint density at radius 2 is 1.58 bits per heavy atom. The van der Waals surface area contributed by atoms with Gasteiger partial charge in [-0.15, -0.1) is 0 Å². The summed E-state index contributed by atoms with van der Waals surface area (Å²) >= 11 is 0. The zero-order valence-electron chi connectivity index (χ0n) is 25.7. The molecule has 0 radical (unpaired) electrons. The van der Waals surface area contributed by atoms with Gasteiger partial charge in [-0.3, -0.25) is 14.5 Å². The summed E-state index contributed by atoms with van der Waals surface area (Å²) in [5, 5.41) is 3.82. The molecule has 5 aromatic rings. The molecule has 4 aromatic carbocycles. The van der Waals surface area contributed by atoms with Crippen molar-refractivity contribution in [1.29, 1.82) is 0 Å². The first-order chi connectivity index (χ1) is 21.8. The average molecular weight is 601 g/mol. The Kier molecular flexibility index (Phi) is 8.49. The number of hydrogen-bond donors (Lipinski definition) is 2. The number of nitrogens with two attached hydrogens (primary N) is 1. The van der Waals surface area contributed by atoms with Crippen LogP contribution in [0.2, 0.25) is 0 Å². The van der Waals surface area contributed by atoms with Crippen LogP contribution in [0, 0.1) is 0 Å². The molecule has 0 fully saturated rings. The lowest BCUT2D eigenvalue weighted by molar-refractivity contribution is 0.0997. The monoisotopic (exact) mass is 600 g/mol. The average Bonchev–Trinajstić information content (AvgIpc) is 3.07. The molecule has 1 aliphatic rings. The molecule has 0 aliphatic carbocycles. The number of primary amides is 1. The molecular formula is C37H36N4O4. The van der Waals surface area contributed by atoms with Crippen LogP contribution in [-0.2, 0) is 13.0 Å². The number of anilines is 1. The molecule has 2 heterocycles. The molecule has 8 heteroatoms. The number of ether oxygens (including phenoxy) is 2. The Bertz CT molecular complexity index is 1890. The minimum Gasteiger partial charge on any atom is -0.493 e. The van der Waals surface area contributed by atoms with E-state index in [9.17, 15) is 9.59 Å². The number of carbonyl (C=O) groups is 2. The fraction of sp³-hybridized carbons (Fsp3) is 0.216. The Morgan fingerprint density at radius 3 is 2.31 bits per heavy atom. The smallest absolute Gasteiger partial charge is 0.256 e. The number of nitrogens with one attached hydrogen (secondary N) is 1. The summed E-state index contributed by atoms with van der Waals surface area (Å²) in [4.78, 5) is 33.1. The van der Waals surface area contributed by atoms with Gasteiger partial charge in [0.05, 0.1) is 31.0 Å². The number of nitrogens with zero attached hydrogens (tertiary/aromatic N) is 2. The quantitative estimate of drug-likeness (QED) is 0.202. The van der Waals surface area contributed by atoms with Gasteiger partial charge in [0.25, 0.3) is 11.8 Å². The second-order valence-electron chi connectivity index (χ2n) is 11.4. The van der Waals surface area contributed by atoms with Crippen molar-refractivity contribution in [3.05, 3.63) is 119 Å². The van der Waals surface area contributed by atoms with E-state index in [4.69, 9.17) is 20.2 Å². The zero-order chi connectivity index (χ0) is 31.5. The highest BCUT2D eigenvalue weighted by Crippen LogP contribution is 2.34. The summed E-state index contributed by atoms with van der Waals surface area (Å²) in [6.07, 6.45) is 0.963. The van der Waals surface area contributed by atoms with Crippen LogP contribution < -0.4 is 20.5 Å². The van der Waals surface area contributed by atoms with Crippen LogP contribution in [-0.4, -0.2) is 49.0 Å². The van der Waals surface area contributed by atoms with Crippen molar-refractivity contribution in [3.8, 4) is 22.8 Å². The van der Waals surface area contributed by atoms with E-state index in [2.05, 4.69) is 41.4 Å². The fourth-order valence-corrected chi connectivity index (χ4v) is 6.08. The highest BCUT2D eigenvalue weighted by Gasteiger charge is 2.22. The third-order valence-corrected chi connectivity index (χ3v) is 8.48. The van der Waals surface area contributed by atoms with Crippen molar-refractivity contribution in [2.45, 2.75) is 25.8 Å². The maximum Gasteiger partial charge on any atom is 0.256 e. The Morgan fingerprint density at radius 1 is 0.889 bits per heavy atom. The summed E-state index contributed by atoms with van der Waals surface area (Å²) < 4.78 is 11.0. The first kappa shape index (κ1) is 29.8. The fourth-order valence-electron chi connectivity index (χ4n) is 6.08. The molecule has 3 N–H and O–H groups in total. The number of para-hydroxylation sites is 1. The predicted molar refractivity (Wildman–Crippen MR) is 177 cm³/mol. The lowest BCUT2D eigenvalue weighted by Gasteiger charge is -2.31. The molecule has 1 aliphatic heterocycles. The van der Waals surface area contributed by atoms with Crippen molar-refractivity contribution in [3.63, 3.8) is 0 Å². The highest BCUT2D eigenvalue weighted by atomic mass is 16.5. The molecule has 0 saturated heterocycles. The van der Waals surface area contributed by atoms with E-state index in [0.29, 0.717) is 33.9 Å². The van der Waals surface area contributed by atoms with E-state index in [1.165, 1.54) is 16.7 Å². The van der Waals surface area contributed by atoms with Gasteiger partial charge in [0, 0.05) is 41.8 Å². The van der Waals surface area contributed by atoms with Crippen LogP contribution >= 0.6 is 0 Å². The summed E-state index contributed by atoms with van der Waals surface area (Å²) in [6.45, 7) is 4.97. The Labute approximate surface area is 262 Å². The first-order valence-electron chi connectivity index (χ1n) is 15.0. The number of benzene rings is 4. The lowest BCUT2D eigenvalue weighted by Crippen LogP contribution is -2.33. The summed E-state index contributed by atoms with van der Waals surface area (Å²) in [6, 6.07) is 28.5. The molecule has 0 spiro atoms. The van der Waals surface area contributed by atoms with E-state index in [1.807, 2.05) is 42.5 Å². The minimum absolute atomic E-state index is 0.267. The molecule has 0 bridgehead atoms. The summed E-state index contributed by atoms with van der Waals surface area (Å²) in [7, 11) is 3.33. The molecule has 228 valence electrons.